The van der Waals surface area contributed by atoms with Crippen LogP contribution in [0.15, 0.2) is 46.5 Å². The van der Waals surface area contributed by atoms with Crippen molar-refractivity contribution < 1.29 is 36.3 Å². The van der Waals surface area contributed by atoms with Crippen LogP contribution in [0.25, 0.3) is 5.76 Å². The minimum Gasteiger partial charge on any atom is -0.506 e. The van der Waals surface area contributed by atoms with E-state index in [9.17, 15) is 31.5 Å². The fourth-order valence-electron chi connectivity index (χ4n) is 2.34. The molecule has 0 aliphatic heterocycles. The van der Waals surface area contributed by atoms with Gasteiger partial charge in [-0.2, -0.15) is 13.2 Å². The van der Waals surface area contributed by atoms with Crippen molar-refractivity contribution in [2.24, 2.45) is 11.1 Å². The summed E-state index contributed by atoms with van der Waals surface area (Å²) in [5.41, 5.74) is -1.95. The van der Waals surface area contributed by atoms with E-state index >= 15 is 0 Å². The molecule has 0 aromatic heterocycles. The lowest BCUT2D eigenvalue weighted by Crippen LogP contribution is -2.13. The first-order valence-electron chi connectivity index (χ1n) is 8.12. The van der Waals surface area contributed by atoms with E-state index in [1.807, 2.05) is 0 Å². The monoisotopic (exact) mass is 417 g/mol. The van der Waals surface area contributed by atoms with Gasteiger partial charge >= 0.3 is 6.18 Å². The van der Waals surface area contributed by atoms with E-state index in [0.29, 0.717) is 31.2 Å². The Morgan fingerprint density at radius 2 is 2.04 bits per heavy atom. The van der Waals surface area contributed by atoms with E-state index in [1.165, 1.54) is 6.08 Å². The van der Waals surface area contributed by atoms with Crippen LogP contribution in [0.1, 0.15) is 24.0 Å². The van der Waals surface area contributed by atoms with Gasteiger partial charge in [0.05, 0.1) is 22.2 Å². The van der Waals surface area contributed by atoms with Crippen LogP contribution >= 0.6 is 0 Å². The van der Waals surface area contributed by atoms with Gasteiger partial charge < -0.3 is 9.94 Å². The van der Waals surface area contributed by atoms with Crippen molar-refractivity contribution >= 4 is 27.6 Å². The summed E-state index contributed by atoms with van der Waals surface area (Å²) in [6.45, 7) is 3.44. The largest absolute Gasteiger partial charge is 0.506 e. The van der Waals surface area contributed by atoms with Crippen molar-refractivity contribution in [2.45, 2.75) is 23.9 Å². The molecule has 1 fully saturated rings. The zero-order valence-corrected chi connectivity index (χ0v) is 15.7. The molecule has 0 amide bonds. The predicted octanol–water partition coefficient (Wildman–Crippen LogP) is 3.55. The van der Waals surface area contributed by atoms with Crippen LogP contribution in [0, 0.1) is 5.92 Å². The number of hydrogen-bond acceptors (Lipinski definition) is 6. The van der Waals surface area contributed by atoms with E-state index in [-0.39, 0.29) is 18.1 Å². The first kappa shape index (κ1) is 21.7. The highest BCUT2D eigenvalue weighted by molar-refractivity contribution is 7.90. The SMILES string of the molecule is C=CCON=CC(C(=O)C1CC1)=C(O)c1ccc(C(F)(F)F)cc1S(C)(=O)=O. The summed E-state index contributed by atoms with van der Waals surface area (Å²) in [4.78, 5) is 16.5. The van der Waals surface area contributed by atoms with E-state index in [1.54, 1.807) is 0 Å². The lowest BCUT2D eigenvalue weighted by atomic mass is 10.0. The Hall–Kier alpha value is -2.62. The van der Waals surface area contributed by atoms with Gasteiger partial charge in [0.2, 0.25) is 0 Å². The molecule has 0 bridgehead atoms. The molecule has 0 radical (unpaired) electrons. The molecule has 0 atom stereocenters. The molecule has 1 aliphatic carbocycles. The van der Waals surface area contributed by atoms with Crippen molar-refractivity contribution in [3.63, 3.8) is 0 Å². The van der Waals surface area contributed by atoms with E-state index in [2.05, 4.69) is 11.7 Å². The number of alkyl halides is 3. The average Bonchev–Trinajstić information content (AvgIpc) is 3.44. The summed E-state index contributed by atoms with van der Waals surface area (Å²) < 4.78 is 62.9. The molecule has 28 heavy (non-hydrogen) atoms. The van der Waals surface area contributed by atoms with Crippen LogP contribution in [0.3, 0.4) is 0 Å². The Morgan fingerprint density at radius 3 is 2.54 bits per heavy atom. The van der Waals surface area contributed by atoms with Gasteiger partial charge in [-0.05, 0) is 31.0 Å². The maximum absolute atomic E-state index is 13.0. The predicted molar refractivity (Wildman–Crippen MR) is 96.5 cm³/mol. The minimum absolute atomic E-state index is 0.0248. The average molecular weight is 417 g/mol. The standard InChI is InChI=1S/C18H18F3NO5S/c1-3-8-27-22-10-14(16(23)11-4-5-11)17(24)13-7-6-12(18(19,20)21)9-15(13)28(2,25)26/h3,6-7,9-11,24H,1,4-5,8H2,2H3. The Kier molecular flexibility index (Phi) is 6.33. The first-order chi connectivity index (χ1) is 13.0. The Bertz CT molecular complexity index is 944. The number of halogens is 3. The molecule has 1 aliphatic rings. The van der Waals surface area contributed by atoms with Gasteiger partial charge in [-0.25, -0.2) is 8.42 Å². The van der Waals surface area contributed by atoms with Crippen molar-refractivity contribution in [1.29, 1.82) is 0 Å². The summed E-state index contributed by atoms with van der Waals surface area (Å²) in [5.74, 6) is -1.64. The highest BCUT2D eigenvalue weighted by atomic mass is 32.2. The minimum atomic E-state index is -4.77. The molecule has 1 saturated carbocycles. The number of allylic oxidation sites excluding steroid dienone is 1. The number of hydrogen-bond donors (Lipinski definition) is 1. The molecule has 1 N–H and O–H groups in total. The summed E-state index contributed by atoms with van der Waals surface area (Å²) in [6, 6.07) is 1.86. The maximum Gasteiger partial charge on any atom is 0.416 e. The molecule has 0 unspecified atom stereocenters. The number of aliphatic hydroxyl groups excluding tert-OH is 1. The van der Waals surface area contributed by atoms with E-state index in [4.69, 9.17) is 4.84 Å². The summed E-state index contributed by atoms with van der Waals surface area (Å²) in [5, 5.41) is 14.1. The Balaban J connectivity index is 2.63. The second kappa shape index (κ2) is 8.17. The smallest absolute Gasteiger partial charge is 0.416 e. The molecule has 0 heterocycles. The number of benzene rings is 1. The molecule has 0 spiro atoms. The molecule has 1 aromatic carbocycles. The van der Waals surface area contributed by atoms with Crippen molar-refractivity contribution in [3.8, 4) is 0 Å². The molecular formula is C18H18F3NO5S. The number of oxime groups is 1. The molecule has 6 nitrogen and oxygen atoms in total. The topological polar surface area (TPSA) is 93.0 Å². The lowest BCUT2D eigenvalue weighted by Gasteiger charge is -2.13. The highest BCUT2D eigenvalue weighted by Gasteiger charge is 2.35. The van der Waals surface area contributed by atoms with Gasteiger partial charge in [-0.1, -0.05) is 17.8 Å². The van der Waals surface area contributed by atoms with Gasteiger partial charge in [-0.3, -0.25) is 4.79 Å². The Labute approximate surface area is 159 Å². The van der Waals surface area contributed by atoms with Crippen molar-refractivity contribution in [2.75, 3.05) is 12.9 Å². The van der Waals surface area contributed by atoms with Gasteiger partial charge in [0.1, 0.15) is 12.4 Å². The van der Waals surface area contributed by atoms with Crippen LogP contribution in [-0.4, -0.2) is 38.4 Å². The third-order valence-corrected chi connectivity index (χ3v) is 5.02. The molecule has 10 heteroatoms. The summed E-state index contributed by atoms with van der Waals surface area (Å²) in [7, 11) is -4.15. The molecule has 1 aromatic rings. The number of carbonyl (C=O) groups is 1. The van der Waals surface area contributed by atoms with Crippen LogP contribution in [0.5, 0.6) is 0 Å². The number of rotatable bonds is 8. The number of nitrogens with zero attached hydrogens (tertiary/aromatic N) is 1. The van der Waals surface area contributed by atoms with Gasteiger partial charge in [0, 0.05) is 17.7 Å². The van der Waals surface area contributed by atoms with E-state index in [0.717, 1.165) is 12.3 Å². The number of carbonyl (C=O) groups excluding carboxylic acids is 1. The molecule has 2 rings (SSSR count). The number of ketones is 1. The zero-order chi connectivity index (χ0) is 21.1. The fraction of sp³-hybridized carbons (Fsp3) is 0.333. The zero-order valence-electron chi connectivity index (χ0n) is 14.9. The van der Waals surface area contributed by atoms with Gasteiger partial charge in [0.25, 0.3) is 0 Å². The third kappa shape index (κ3) is 5.22. The lowest BCUT2D eigenvalue weighted by molar-refractivity contribution is -0.137. The Morgan fingerprint density at radius 1 is 1.39 bits per heavy atom. The normalized spacial score (nSPS) is 16.0. The fourth-order valence-corrected chi connectivity index (χ4v) is 3.24. The van der Waals surface area contributed by atoms with Gasteiger partial charge in [-0.15, -0.1) is 0 Å². The molecule has 152 valence electrons. The maximum atomic E-state index is 13.0. The summed E-state index contributed by atoms with van der Waals surface area (Å²) >= 11 is 0. The van der Waals surface area contributed by atoms with Crippen LogP contribution in [-0.2, 0) is 25.6 Å². The number of sulfone groups is 1. The number of Topliss-reactive ketones (excluding diaryl/α,β-unsaturated/α-hetero) is 1. The number of aliphatic hydroxyl groups is 1. The van der Waals surface area contributed by atoms with Crippen LogP contribution in [0.4, 0.5) is 13.2 Å². The first-order valence-corrected chi connectivity index (χ1v) is 10.0. The third-order valence-electron chi connectivity index (χ3n) is 3.88. The van der Waals surface area contributed by atoms with Gasteiger partial charge in [0.15, 0.2) is 15.6 Å². The van der Waals surface area contributed by atoms with E-state index < -0.39 is 43.6 Å². The quantitative estimate of drug-likeness (QED) is 0.174. The second-order valence-electron chi connectivity index (χ2n) is 6.20. The molecular weight excluding hydrogens is 399 g/mol. The summed E-state index contributed by atoms with van der Waals surface area (Å²) in [6.07, 6.45) is -0.581. The van der Waals surface area contributed by atoms with Crippen LogP contribution in [0.2, 0.25) is 0 Å². The second-order valence-corrected chi connectivity index (χ2v) is 8.18. The highest BCUT2D eigenvalue weighted by Crippen LogP contribution is 2.36. The molecule has 0 saturated heterocycles. The van der Waals surface area contributed by atoms with Crippen molar-refractivity contribution in [3.05, 3.63) is 47.6 Å². The van der Waals surface area contributed by atoms with Crippen LogP contribution < -0.4 is 0 Å². The van der Waals surface area contributed by atoms with Crippen molar-refractivity contribution in [1.82, 2.24) is 0 Å².